The number of rotatable bonds is 2. The molecule has 0 radical (unpaired) electrons. The highest BCUT2D eigenvalue weighted by atomic mass is 16.2. The summed E-state index contributed by atoms with van der Waals surface area (Å²) in [6.45, 7) is 4.06. The first kappa shape index (κ1) is 14.0. The predicted molar refractivity (Wildman–Crippen MR) is 74.6 cm³/mol. The van der Waals surface area contributed by atoms with Gasteiger partial charge in [0.25, 0.3) is 0 Å². The van der Waals surface area contributed by atoms with Crippen LogP contribution in [0.2, 0.25) is 0 Å². The van der Waals surface area contributed by atoms with Crippen LogP contribution in [0.5, 0.6) is 0 Å². The second kappa shape index (κ2) is 5.73. The molecule has 1 aliphatic heterocycles. The van der Waals surface area contributed by atoms with Crippen molar-refractivity contribution >= 4 is 23.4 Å². The second-order valence-electron chi connectivity index (χ2n) is 4.73. The zero-order chi connectivity index (χ0) is 14.7. The number of piperazine rings is 1. The third-order valence-corrected chi connectivity index (χ3v) is 3.28. The molecule has 1 aromatic carbocycles. The minimum atomic E-state index is -0.500. The molecule has 6 nitrogen and oxygen atoms in total. The number of amides is 3. The topological polar surface area (TPSA) is 78.5 Å². The van der Waals surface area contributed by atoms with Crippen LogP contribution in [0.4, 0.5) is 10.5 Å². The number of urea groups is 1. The van der Waals surface area contributed by atoms with Crippen LogP contribution in [0.1, 0.15) is 24.2 Å². The highest BCUT2D eigenvalue weighted by Gasteiger charge is 2.29. The first-order valence-electron chi connectivity index (χ1n) is 6.45. The fourth-order valence-electron chi connectivity index (χ4n) is 2.07. The van der Waals surface area contributed by atoms with E-state index < -0.39 is 6.04 Å². The van der Waals surface area contributed by atoms with Gasteiger partial charge < -0.3 is 15.5 Å². The molecule has 1 saturated heterocycles. The van der Waals surface area contributed by atoms with Crippen LogP contribution >= 0.6 is 0 Å². The summed E-state index contributed by atoms with van der Waals surface area (Å²) in [4.78, 5) is 36.5. The monoisotopic (exact) mass is 275 g/mol. The minimum absolute atomic E-state index is 0.0631. The molecule has 0 saturated carbocycles. The molecule has 2 N–H and O–H groups in total. The molecule has 1 fully saturated rings. The van der Waals surface area contributed by atoms with Gasteiger partial charge in [0.1, 0.15) is 6.04 Å². The van der Waals surface area contributed by atoms with Crippen LogP contribution < -0.4 is 10.6 Å². The standard InChI is InChI=1S/C14H17N3O3/c1-9-13(19)15-6-7-17(9)14(20)16-12-5-3-4-11(8-12)10(2)18/h3-5,8-9H,6-7H2,1-2H3,(H,15,19)(H,16,20)/t9-/m1/s1. The fourth-order valence-corrected chi connectivity index (χ4v) is 2.07. The molecular weight excluding hydrogens is 258 g/mol. The summed E-state index contributed by atoms with van der Waals surface area (Å²) in [5, 5.41) is 5.41. The van der Waals surface area contributed by atoms with Crippen molar-refractivity contribution in [1.82, 2.24) is 10.2 Å². The Morgan fingerprint density at radius 3 is 2.85 bits per heavy atom. The Morgan fingerprint density at radius 1 is 1.40 bits per heavy atom. The average Bonchev–Trinajstić information content (AvgIpc) is 2.42. The van der Waals surface area contributed by atoms with E-state index in [0.29, 0.717) is 24.3 Å². The van der Waals surface area contributed by atoms with Crippen molar-refractivity contribution in [3.05, 3.63) is 29.8 Å². The Kier molecular flexibility index (Phi) is 4.02. The molecule has 2 rings (SSSR count). The van der Waals surface area contributed by atoms with Gasteiger partial charge in [0.05, 0.1) is 0 Å². The molecular formula is C14H17N3O3. The summed E-state index contributed by atoms with van der Waals surface area (Å²) >= 11 is 0. The fraction of sp³-hybridized carbons (Fsp3) is 0.357. The molecule has 1 aliphatic rings. The van der Waals surface area contributed by atoms with Crippen LogP contribution in [0.3, 0.4) is 0 Å². The van der Waals surface area contributed by atoms with E-state index >= 15 is 0 Å². The van der Waals surface area contributed by atoms with Crippen molar-refractivity contribution in [2.24, 2.45) is 0 Å². The van der Waals surface area contributed by atoms with E-state index in [1.165, 1.54) is 11.8 Å². The number of nitrogens with one attached hydrogen (secondary N) is 2. The van der Waals surface area contributed by atoms with Gasteiger partial charge in [-0.25, -0.2) is 4.79 Å². The van der Waals surface area contributed by atoms with Crippen molar-refractivity contribution < 1.29 is 14.4 Å². The third-order valence-electron chi connectivity index (χ3n) is 3.28. The van der Waals surface area contributed by atoms with E-state index in [1.54, 1.807) is 31.2 Å². The van der Waals surface area contributed by atoms with Crippen molar-refractivity contribution in [2.75, 3.05) is 18.4 Å². The molecule has 20 heavy (non-hydrogen) atoms. The molecule has 0 aliphatic carbocycles. The number of anilines is 1. The van der Waals surface area contributed by atoms with Crippen molar-refractivity contribution in [2.45, 2.75) is 19.9 Å². The van der Waals surface area contributed by atoms with Crippen LogP contribution in [0.25, 0.3) is 0 Å². The minimum Gasteiger partial charge on any atom is -0.353 e. The van der Waals surface area contributed by atoms with Crippen molar-refractivity contribution in [1.29, 1.82) is 0 Å². The molecule has 1 aromatic rings. The first-order valence-corrected chi connectivity index (χ1v) is 6.45. The van der Waals surface area contributed by atoms with Crippen molar-refractivity contribution in [3.8, 4) is 0 Å². The van der Waals surface area contributed by atoms with Gasteiger partial charge in [0, 0.05) is 24.3 Å². The zero-order valence-electron chi connectivity index (χ0n) is 11.5. The Morgan fingerprint density at radius 2 is 2.15 bits per heavy atom. The summed E-state index contributed by atoms with van der Waals surface area (Å²) in [7, 11) is 0. The summed E-state index contributed by atoms with van der Waals surface area (Å²) in [6.07, 6.45) is 0. The summed E-state index contributed by atoms with van der Waals surface area (Å²) in [5.74, 6) is -0.226. The lowest BCUT2D eigenvalue weighted by Gasteiger charge is -2.32. The maximum Gasteiger partial charge on any atom is 0.322 e. The Bertz CT molecular complexity index is 556. The number of nitrogens with zero attached hydrogens (tertiary/aromatic N) is 1. The summed E-state index contributed by atoms with van der Waals surface area (Å²) in [6, 6.07) is 5.88. The Balaban J connectivity index is 2.09. The van der Waals surface area contributed by atoms with Gasteiger partial charge in [0.15, 0.2) is 5.78 Å². The highest BCUT2D eigenvalue weighted by molar-refractivity contribution is 5.97. The average molecular weight is 275 g/mol. The first-order chi connectivity index (χ1) is 9.49. The van der Waals surface area contributed by atoms with Crippen LogP contribution in [0, 0.1) is 0 Å². The van der Waals surface area contributed by atoms with Gasteiger partial charge in [-0.15, -0.1) is 0 Å². The van der Waals surface area contributed by atoms with E-state index in [0.717, 1.165) is 0 Å². The van der Waals surface area contributed by atoms with Crippen LogP contribution in [-0.4, -0.2) is 41.8 Å². The largest absolute Gasteiger partial charge is 0.353 e. The molecule has 3 amide bonds. The zero-order valence-corrected chi connectivity index (χ0v) is 11.5. The predicted octanol–water partition coefficient (Wildman–Crippen LogP) is 1.24. The van der Waals surface area contributed by atoms with E-state index in [2.05, 4.69) is 10.6 Å². The molecule has 106 valence electrons. The number of ketones is 1. The van der Waals surface area contributed by atoms with Crippen molar-refractivity contribution in [3.63, 3.8) is 0 Å². The van der Waals surface area contributed by atoms with Gasteiger partial charge in [-0.3, -0.25) is 9.59 Å². The smallest absolute Gasteiger partial charge is 0.322 e. The lowest BCUT2D eigenvalue weighted by atomic mass is 10.1. The number of carbonyl (C=O) groups excluding carboxylic acids is 3. The summed E-state index contributed by atoms with van der Waals surface area (Å²) in [5.41, 5.74) is 1.08. The highest BCUT2D eigenvalue weighted by Crippen LogP contribution is 2.13. The van der Waals surface area contributed by atoms with Crippen LogP contribution in [0.15, 0.2) is 24.3 Å². The van der Waals surface area contributed by atoms with Gasteiger partial charge in [-0.05, 0) is 26.0 Å². The lowest BCUT2D eigenvalue weighted by Crippen LogP contribution is -2.56. The third kappa shape index (κ3) is 2.96. The van der Waals surface area contributed by atoms with Crippen LogP contribution in [-0.2, 0) is 4.79 Å². The molecule has 0 spiro atoms. The number of Topliss-reactive ketones (excluding diaryl/α,β-unsaturated/α-hetero) is 1. The van der Waals surface area contributed by atoms with Gasteiger partial charge >= 0.3 is 6.03 Å². The van der Waals surface area contributed by atoms with E-state index in [9.17, 15) is 14.4 Å². The summed E-state index contributed by atoms with van der Waals surface area (Å²) < 4.78 is 0. The molecule has 0 aromatic heterocycles. The van der Waals surface area contributed by atoms with E-state index in [-0.39, 0.29) is 17.7 Å². The molecule has 0 unspecified atom stereocenters. The SMILES string of the molecule is CC(=O)c1cccc(NC(=O)N2CCNC(=O)[C@H]2C)c1. The van der Waals surface area contributed by atoms with E-state index in [1.807, 2.05) is 0 Å². The Hall–Kier alpha value is -2.37. The van der Waals surface area contributed by atoms with Gasteiger partial charge in [-0.1, -0.05) is 12.1 Å². The number of carbonyl (C=O) groups is 3. The molecule has 1 atom stereocenters. The number of hydrogen-bond acceptors (Lipinski definition) is 3. The van der Waals surface area contributed by atoms with E-state index in [4.69, 9.17) is 0 Å². The molecule has 6 heteroatoms. The quantitative estimate of drug-likeness (QED) is 0.797. The normalized spacial score (nSPS) is 18.4. The van der Waals surface area contributed by atoms with Gasteiger partial charge in [-0.2, -0.15) is 0 Å². The maximum absolute atomic E-state index is 12.2. The lowest BCUT2D eigenvalue weighted by molar-refractivity contribution is -0.126. The second-order valence-corrected chi connectivity index (χ2v) is 4.73. The molecule has 1 heterocycles. The Labute approximate surface area is 117 Å². The van der Waals surface area contributed by atoms with Gasteiger partial charge in [0.2, 0.25) is 5.91 Å². The number of benzene rings is 1. The molecule has 0 bridgehead atoms. The maximum atomic E-state index is 12.2. The number of hydrogen-bond donors (Lipinski definition) is 2.